The average molecular weight is 350 g/mol. The van der Waals surface area contributed by atoms with E-state index < -0.39 is 17.4 Å². The van der Waals surface area contributed by atoms with Gasteiger partial charge in [-0.25, -0.2) is 9.59 Å². The molecule has 0 heterocycles. The molecule has 25 heavy (non-hydrogen) atoms. The Morgan fingerprint density at radius 3 is 2.20 bits per heavy atom. The van der Waals surface area contributed by atoms with Crippen molar-refractivity contribution in [3.05, 3.63) is 24.3 Å². The number of ether oxygens (including phenoxy) is 3. The van der Waals surface area contributed by atoms with Crippen LogP contribution >= 0.6 is 0 Å². The Kier molecular flexibility index (Phi) is 5.40. The molecule has 2 aliphatic carbocycles. The maximum Gasteiger partial charge on any atom is 0.334 e. The molecule has 0 N–H and O–H groups in total. The van der Waals surface area contributed by atoms with E-state index in [0.717, 1.165) is 6.42 Å². The molecule has 0 spiro atoms. The van der Waals surface area contributed by atoms with E-state index in [9.17, 15) is 14.4 Å². The molecule has 0 bridgehead atoms. The summed E-state index contributed by atoms with van der Waals surface area (Å²) < 4.78 is 15.2. The molecule has 6 heteroatoms. The van der Waals surface area contributed by atoms with Gasteiger partial charge >= 0.3 is 17.9 Å². The summed E-state index contributed by atoms with van der Waals surface area (Å²) in [5, 5.41) is 0. The largest absolute Gasteiger partial charge is 0.466 e. The predicted molar refractivity (Wildman–Crippen MR) is 90.4 cm³/mol. The van der Waals surface area contributed by atoms with Gasteiger partial charge in [0.25, 0.3) is 0 Å². The Hall–Kier alpha value is -2.11. The van der Waals surface area contributed by atoms with Crippen LogP contribution < -0.4 is 0 Å². The second-order valence-corrected chi connectivity index (χ2v) is 7.25. The maximum atomic E-state index is 12.3. The highest BCUT2D eigenvalue weighted by Crippen LogP contribution is 2.72. The number of carbonyl (C=O) groups is 3. The number of esters is 3. The van der Waals surface area contributed by atoms with Crippen molar-refractivity contribution in [1.29, 1.82) is 0 Å². The molecule has 0 amide bonds. The van der Waals surface area contributed by atoms with Crippen molar-refractivity contribution in [2.24, 2.45) is 16.7 Å². The van der Waals surface area contributed by atoms with E-state index >= 15 is 0 Å². The zero-order chi connectivity index (χ0) is 18.8. The van der Waals surface area contributed by atoms with E-state index in [0.29, 0.717) is 30.6 Å². The first kappa shape index (κ1) is 19.2. The minimum absolute atomic E-state index is 0.0261. The lowest BCUT2D eigenvalue weighted by Crippen LogP contribution is -2.30. The molecule has 0 aromatic rings. The van der Waals surface area contributed by atoms with Gasteiger partial charge in [0.1, 0.15) is 13.2 Å². The van der Waals surface area contributed by atoms with Crippen molar-refractivity contribution in [2.45, 2.75) is 40.0 Å². The van der Waals surface area contributed by atoms with Crippen LogP contribution in [0.15, 0.2) is 24.3 Å². The van der Waals surface area contributed by atoms with Crippen molar-refractivity contribution in [3.63, 3.8) is 0 Å². The van der Waals surface area contributed by atoms with Crippen LogP contribution in [0.4, 0.5) is 0 Å². The Balaban J connectivity index is 1.85. The van der Waals surface area contributed by atoms with Crippen molar-refractivity contribution < 1.29 is 28.6 Å². The first-order valence-electron chi connectivity index (χ1n) is 8.52. The first-order valence-corrected chi connectivity index (χ1v) is 8.52. The van der Waals surface area contributed by atoms with Crippen LogP contribution in [0.3, 0.4) is 0 Å². The van der Waals surface area contributed by atoms with Gasteiger partial charge in [-0.2, -0.15) is 0 Å². The Morgan fingerprint density at radius 2 is 1.64 bits per heavy atom. The molecule has 2 saturated carbocycles. The third kappa shape index (κ3) is 3.78. The van der Waals surface area contributed by atoms with Crippen LogP contribution in [0.2, 0.25) is 0 Å². The molecule has 138 valence electrons. The normalized spacial score (nSPS) is 29.3. The van der Waals surface area contributed by atoms with Crippen molar-refractivity contribution in [1.82, 2.24) is 0 Å². The quantitative estimate of drug-likeness (QED) is 0.290. The molecule has 2 rings (SSSR count). The van der Waals surface area contributed by atoms with Crippen LogP contribution in [-0.2, 0) is 28.6 Å². The molecule has 2 aliphatic rings. The Morgan fingerprint density at radius 1 is 1.04 bits per heavy atom. The van der Waals surface area contributed by atoms with Crippen molar-refractivity contribution >= 4 is 17.9 Å². The lowest BCUT2D eigenvalue weighted by atomic mass is 9.81. The predicted octanol–water partition coefficient (Wildman–Crippen LogP) is 2.57. The molecule has 3 atom stereocenters. The smallest absolute Gasteiger partial charge is 0.334 e. The molecule has 0 radical (unpaired) electrons. The van der Waals surface area contributed by atoms with Crippen molar-refractivity contribution in [2.75, 3.05) is 19.8 Å². The van der Waals surface area contributed by atoms with Gasteiger partial charge in [-0.3, -0.25) is 4.79 Å². The standard InChI is InChI=1S/C19H26O6/c1-6-23-17(22)18(5)9-14-10-19(14,11-18)13(4)16(21)25-8-7-24-15(20)12(2)3/h14H,2,4,6-11H2,1,3,5H3. The fourth-order valence-corrected chi connectivity index (χ4v) is 3.80. The molecule has 0 aromatic heterocycles. The van der Waals surface area contributed by atoms with E-state index in [2.05, 4.69) is 13.2 Å². The van der Waals surface area contributed by atoms with E-state index in [1.54, 1.807) is 13.8 Å². The number of hydrogen-bond acceptors (Lipinski definition) is 6. The van der Waals surface area contributed by atoms with Crippen LogP contribution in [-0.4, -0.2) is 37.7 Å². The van der Waals surface area contributed by atoms with E-state index in [4.69, 9.17) is 14.2 Å². The van der Waals surface area contributed by atoms with Gasteiger partial charge in [0.2, 0.25) is 0 Å². The molecular formula is C19H26O6. The number of hydrogen-bond donors (Lipinski definition) is 0. The third-order valence-corrected chi connectivity index (χ3v) is 5.15. The van der Waals surface area contributed by atoms with E-state index in [1.807, 2.05) is 6.92 Å². The molecule has 3 unspecified atom stereocenters. The number of fused-ring (bicyclic) bond motifs is 1. The van der Waals surface area contributed by atoms with Gasteiger partial charge < -0.3 is 14.2 Å². The SMILES string of the molecule is C=C(C)C(=O)OCCOC(=O)C(=C)C12CC1CC(C)(C(=O)OCC)C2. The highest BCUT2D eigenvalue weighted by molar-refractivity contribution is 5.91. The minimum Gasteiger partial charge on any atom is -0.466 e. The summed E-state index contributed by atoms with van der Waals surface area (Å²) in [7, 11) is 0. The topological polar surface area (TPSA) is 78.9 Å². The lowest BCUT2D eigenvalue weighted by Gasteiger charge is -2.25. The minimum atomic E-state index is -0.570. The van der Waals surface area contributed by atoms with Gasteiger partial charge in [-0.15, -0.1) is 0 Å². The third-order valence-electron chi connectivity index (χ3n) is 5.15. The monoisotopic (exact) mass is 350 g/mol. The Labute approximate surface area is 148 Å². The fraction of sp³-hybridized carbons (Fsp3) is 0.632. The molecular weight excluding hydrogens is 324 g/mol. The molecule has 0 aromatic carbocycles. The highest BCUT2D eigenvalue weighted by Gasteiger charge is 2.68. The van der Waals surface area contributed by atoms with Gasteiger partial charge in [0, 0.05) is 16.6 Å². The van der Waals surface area contributed by atoms with Crippen LogP contribution in [0.1, 0.15) is 40.0 Å². The summed E-state index contributed by atoms with van der Waals surface area (Å²) in [6, 6.07) is 0. The fourth-order valence-electron chi connectivity index (χ4n) is 3.80. The van der Waals surface area contributed by atoms with E-state index in [1.165, 1.54) is 0 Å². The van der Waals surface area contributed by atoms with Crippen LogP contribution in [0.5, 0.6) is 0 Å². The second-order valence-electron chi connectivity index (χ2n) is 7.25. The molecule has 0 saturated heterocycles. The van der Waals surface area contributed by atoms with Crippen molar-refractivity contribution in [3.8, 4) is 0 Å². The second kappa shape index (κ2) is 7.02. The van der Waals surface area contributed by atoms with E-state index in [-0.39, 0.29) is 30.5 Å². The molecule has 6 nitrogen and oxygen atoms in total. The molecule has 2 fully saturated rings. The van der Waals surface area contributed by atoms with Crippen LogP contribution in [0.25, 0.3) is 0 Å². The zero-order valence-electron chi connectivity index (χ0n) is 15.2. The summed E-state index contributed by atoms with van der Waals surface area (Å²) in [5.41, 5.74) is -0.233. The van der Waals surface area contributed by atoms with Gasteiger partial charge in [0.05, 0.1) is 12.0 Å². The highest BCUT2D eigenvalue weighted by atomic mass is 16.6. The molecule has 0 aliphatic heterocycles. The average Bonchev–Trinajstić information content (AvgIpc) is 3.13. The van der Waals surface area contributed by atoms with Crippen LogP contribution in [0, 0.1) is 16.7 Å². The number of carbonyl (C=O) groups excluding carboxylic acids is 3. The number of rotatable bonds is 8. The van der Waals surface area contributed by atoms with Gasteiger partial charge in [-0.1, -0.05) is 13.2 Å². The summed E-state index contributed by atoms with van der Waals surface area (Å²) in [6.45, 7) is 12.9. The Bertz CT molecular complexity index is 621. The van der Waals surface area contributed by atoms with Gasteiger partial charge in [0.15, 0.2) is 0 Å². The first-order chi connectivity index (χ1) is 11.7. The summed E-state index contributed by atoms with van der Waals surface area (Å²) in [4.78, 5) is 35.7. The van der Waals surface area contributed by atoms with Gasteiger partial charge in [-0.05, 0) is 46.0 Å². The maximum absolute atomic E-state index is 12.3. The lowest BCUT2D eigenvalue weighted by molar-refractivity contribution is -0.155. The zero-order valence-corrected chi connectivity index (χ0v) is 15.2. The summed E-state index contributed by atoms with van der Waals surface area (Å²) in [6.07, 6.45) is 2.11. The summed E-state index contributed by atoms with van der Waals surface area (Å²) >= 11 is 0. The summed E-state index contributed by atoms with van der Waals surface area (Å²) in [5.74, 6) is -0.962.